The molecular formula is C20H26O3. The fourth-order valence-corrected chi connectivity index (χ4v) is 4.31. The highest BCUT2D eigenvalue weighted by molar-refractivity contribution is 5.87. The van der Waals surface area contributed by atoms with E-state index in [-0.39, 0.29) is 5.41 Å². The van der Waals surface area contributed by atoms with Crippen molar-refractivity contribution in [1.82, 2.24) is 0 Å². The van der Waals surface area contributed by atoms with Crippen molar-refractivity contribution in [3.8, 4) is 0 Å². The maximum absolute atomic E-state index is 11.4. The predicted molar refractivity (Wildman–Crippen MR) is 90.1 cm³/mol. The van der Waals surface area contributed by atoms with Crippen LogP contribution in [0.5, 0.6) is 0 Å². The average molecular weight is 314 g/mol. The Hall–Kier alpha value is -1.77. The van der Waals surface area contributed by atoms with Crippen molar-refractivity contribution in [1.29, 1.82) is 0 Å². The van der Waals surface area contributed by atoms with Crippen LogP contribution in [-0.4, -0.2) is 11.1 Å². The summed E-state index contributed by atoms with van der Waals surface area (Å²) >= 11 is 0. The van der Waals surface area contributed by atoms with Gasteiger partial charge in [-0.25, -0.2) is 4.79 Å². The second kappa shape index (κ2) is 6.38. The van der Waals surface area contributed by atoms with Crippen LogP contribution in [-0.2, 0) is 11.2 Å². The lowest BCUT2D eigenvalue weighted by Crippen LogP contribution is -2.33. The minimum Gasteiger partial charge on any atom is -0.478 e. The number of carbonyl (C=O) groups is 1. The van der Waals surface area contributed by atoms with E-state index in [1.807, 2.05) is 18.4 Å². The summed E-state index contributed by atoms with van der Waals surface area (Å²) < 4.78 is 5.20. The van der Waals surface area contributed by atoms with E-state index in [1.54, 1.807) is 6.26 Å². The van der Waals surface area contributed by atoms with Gasteiger partial charge < -0.3 is 9.52 Å². The monoisotopic (exact) mass is 314 g/mol. The molecule has 2 aliphatic rings. The normalized spacial score (nSPS) is 28.1. The van der Waals surface area contributed by atoms with Crippen LogP contribution in [0.4, 0.5) is 0 Å². The maximum Gasteiger partial charge on any atom is 0.331 e. The summed E-state index contributed by atoms with van der Waals surface area (Å²) in [6.45, 7) is 4.74. The number of aliphatic carboxylic acids is 1. The van der Waals surface area contributed by atoms with Gasteiger partial charge in [-0.2, -0.15) is 0 Å². The Morgan fingerprint density at radius 1 is 1.43 bits per heavy atom. The van der Waals surface area contributed by atoms with Crippen molar-refractivity contribution < 1.29 is 14.3 Å². The topological polar surface area (TPSA) is 50.4 Å². The number of hydrogen-bond donors (Lipinski definition) is 1. The van der Waals surface area contributed by atoms with Crippen molar-refractivity contribution >= 4 is 5.97 Å². The molecule has 3 nitrogen and oxygen atoms in total. The molecule has 1 aromatic heterocycles. The first-order valence-electron chi connectivity index (χ1n) is 8.65. The summed E-state index contributed by atoms with van der Waals surface area (Å²) in [5.41, 5.74) is 4.94. The molecule has 0 saturated heterocycles. The number of furan rings is 1. The van der Waals surface area contributed by atoms with Crippen molar-refractivity contribution in [2.45, 2.75) is 58.8 Å². The van der Waals surface area contributed by atoms with Gasteiger partial charge in [0.15, 0.2) is 0 Å². The Morgan fingerprint density at radius 3 is 2.96 bits per heavy atom. The number of aryl methyl sites for hydroxylation is 1. The van der Waals surface area contributed by atoms with Crippen molar-refractivity contribution in [2.24, 2.45) is 11.3 Å². The molecule has 1 heterocycles. The van der Waals surface area contributed by atoms with Crippen LogP contribution in [0.25, 0.3) is 0 Å². The molecule has 23 heavy (non-hydrogen) atoms. The molecule has 1 aromatic rings. The molecule has 0 aliphatic heterocycles. The molecule has 0 bridgehead atoms. The second-order valence-electron chi connectivity index (χ2n) is 7.32. The molecule has 0 fully saturated rings. The van der Waals surface area contributed by atoms with Crippen molar-refractivity contribution in [2.75, 3.05) is 0 Å². The van der Waals surface area contributed by atoms with Gasteiger partial charge in [0, 0.05) is 12.0 Å². The zero-order valence-corrected chi connectivity index (χ0v) is 14.1. The molecule has 2 atom stereocenters. The highest BCUT2D eigenvalue weighted by Gasteiger charge is 2.39. The van der Waals surface area contributed by atoms with Gasteiger partial charge in [0.25, 0.3) is 0 Å². The Kier molecular flexibility index (Phi) is 4.47. The number of hydrogen-bond acceptors (Lipinski definition) is 2. The number of carboxylic acid groups (broad SMARTS) is 1. The summed E-state index contributed by atoms with van der Waals surface area (Å²) in [6.07, 6.45) is 12.4. The number of rotatable bonds is 4. The van der Waals surface area contributed by atoms with Gasteiger partial charge in [0.2, 0.25) is 0 Å². The minimum absolute atomic E-state index is 0.173. The Labute approximate surface area is 138 Å². The van der Waals surface area contributed by atoms with Gasteiger partial charge in [-0.15, -0.1) is 0 Å². The summed E-state index contributed by atoms with van der Waals surface area (Å²) in [6, 6.07) is 2.04. The first-order chi connectivity index (χ1) is 11.0. The van der Waals surface area contributed by atoms with Crippen LogP contribution in [0.15, 0.2) is 45.8 Å². The van der Waals surface area contributed by atoms with Crippen molar-refractivity contribution in [3.63, 3.8) is 0 Å². The Bertz CT molecular complexity index is 636. The zero-order chi connectivity index (χ0) is 16.4. The second-order valence-corrected chi connectivity index (χ2v) is 7.32. The lowest BCUT2D eigenvalue weighted by atomic mass is 9.61. The number of allylic oxidation sites excluding steroid dienone is 3. The van der Waals surface area contributed by atoms with E-state index in [0.717, 1.165) is 38.5 Å². The maximum atomic E-state index is 11.4. The summed E-state index contributed by atoms with van der Waals surface area (Å²) in [7, 11) is 0. The molecule has 3 heteroatoms. The van der Waals surface area contributed by atoms with Gasteiger partial charge in [0.05, 0.1) is 12.5 Å². The lowest BCUT2D eigenvalue weighted by molar-refractivity contribution is -0.132. The first-order valence-corrected chi connectivity index (χ1v) is 8.65. The first kappa shape index (κ1) is 16.1. The summed E-state index contributed by atoms with van der Waals surface area (Å²) in [4.78, 5) is 11.4. The molecule has 0 aromatic carbocycles. The fourth-order valence-electron chi connectivity index (χ4n) is 4.31. The SMILES string of the molecule is C[C@H]1CCC2=C(CCC=C(C(=O)O)C2)[C@@]1(C)CCc1ccoc1. The molecule has 3 rings (SSSR count). The summed E-state index contributed by atoms with van der Waals surface area (Å²) in [5, 5.41) is 9.36. The third-order valence-electron chi connectivity index (χ3n) is 6.06. The van der Waals surface area contributed by atoms with Crippen LogP contribution < -0.4 is 0 Å². The fraction of sp³-hybridized carbons (Fsp3) is 0.550. The third kappa shape index (κ3) is 3.15. The van der Waals surface area contributed by atoms with Crippen LogP contribution in [0, 0.1) is 11.3 Å². The number of carboxylic acids is 1. The third-order valence-corrected chi connectivity index (χ3v) is 6.06. The molecule has 0 amide bonds. The van der Waals surface area contributed by atoms with E-state index in [2.05, 4.69) is 13.8 Å². The molecule has 0 saturated carbocycles. The minimum atomic E-state index is -0.752. The van der Waals surface area contributed by atoms with E-state index in [4.69, 9.17) is 4.42 Å². The van der Waals surface area contributed by atoms with Crippen LogP contribution in [0.1, 0.15) is 57.9 Å². The summed E-state index contributed by atoms with van der Waals surface area (Å²) in [5.74, 6) is -0.114. The Balaban J connectivity index is 1.86. The van der Waals surface area contributed by atoms with Crippen molar-refractivity contribution in [3.05, 3.63) is 47.0 Å². The van der Waals surface area contributed by atoms with Gasteiger partial charge in [-0.3, -0.25) is 0 Å². The molecule has 0 unspecified atom stereocenters. The standard InChI is InChI=1S/C20H26O3/c1-14-6-7-16-12-17(19(21)22)4-3-5-18(16)20(14,2)10-8-15-9-11-23-13-15/h4,9,11,13-14H,3,5-8,10,12H2,1-2H3,(H,21,22)/t14-,20-/m0/s1. The largest absolute Gasteiger partial charge is 0.478 e. The predicted octanol–water partition coefficient (Wildman–Crippen LogP) is 5.14. The molecular weight excluding hydrogens is 288 g/mol. The van der Waals surface area contributed by atoms with E-state index >= 15 is 0 Å². The van der Waals surface area contributed by atoms with E-state index in [0.29, 0.717) is 17.9 Å². The van der Waals surface area contributed by atoms with Crippen LogP contribution >= 0.6 is 0 Å². The van der Waals surface area contributed by atoms with E-state index in [1.165, 1.54) is 16.7 Å². The molecule has 2 aliphatic carbocycles. The zero-order valence-electron chi connectivity index (χ0n) is 14.1. The van der Waals surface area contributed by atoms with Gasteiger partial charge >= 0.3 is 5.97 Å². The highest BCUT2D eigenvalue weighted by atomic mass is 16.4. The smallest absolute Gasteiger partial charge is 0.331 e. The average Bonchev–Trinajstić information content (AvgIpc) is 2.94. The molecule has 124 valence electrons. The van der Waals surface area contributed by atoms with Crippen LogP contribution in [0.3, 0.4) is 0 Å². The van der Waals surface area contributed by atoms with E-state index in [9.17, 15) is 9.90 Å². The van der Waals surface area contributed by atoms with Gasteiger partial charge in [-0.1, -0.05) is 31.1 Å². The van der Waals surface area contributed by atoms with Crippen LogP contribution in [0.2, 0.25) is 0 Å². The van der Waals surface area contributed by atoms with E-state index < -0.39 is 5.97 Å². The van der Waals surface area contributed by atoms with Gasteiger partial charge in [-0.05, 0) is 61.5 Å². The lowest BCUT2D eigenvalue weighted by Gasteiger charge is -2.44. The quantitative estimate of drug-likeness (QED) is 0.783. The molecule has 0 spiro atoms. The Morgan fingerprint density at radius 2 is 2.26 bits per heavy atom. The highest BCUT2D eigenvalue weighted by Crippen LogP contribution is 2.51. The van der Waals surface area contributed by atoms with Gasteiger partial charge in [0.1, 0.15) is 0 Å². The molecule has 1 N–H and O–H groups in total. The molecule has 0 radical (unpaired) electrons.